The van der Waals surface area contributed by atoms with Gasteiger partial charge in [-0.25, -0.2) is 23.3 Å². The number of anilines is 2. The van der Waals surface area contributed by atoms with Crippen LogP contribution in [0.4, 0.5) is 16.0 Å². The molecule has 2 aromatic carbocycles. The van der Waals surface area contributed by atoms with Crippen molar-refractivity contribution in [2.75, 3.05) is 5.32 Å². The Morgan fingerprint density at radius 1 is 1.04 bits per heavy atom. The number of rotatable bonds is 4. The highest BCUT2D eigenvalue weighted by atomic mass is 19.1. The van der Waals surface area contributed by atoms with E-state index in [0.29, 0.717) is 23.8 Å². The molecule has 0 fully saturated rings. The van der Waals surface area contributed by atoms with E-state index in [1.165, 1.54) is 21.2 Å². The van der Waals surface area contributed by atoms with Crippen LogP contribution in [-0.2, 0) is 6.54 Å². The summed E-state index contributed by atoms with van der Waals surface area (Å²) in [4.78, 5) is 17.3. The van der Waals surface area contributed by atoms with Crippen LogP contribution in [0.3, 0.4) is 0 Å². The van der Waals surface area contributed by atoms with Gasteiger partial charge in [0.1, 0.15) is 5.82 Å². The van der Waals surface area contributed by atoms with Crippen molar-refractivity contribution in [1.82, 2.24) is 19.2 Å². The van der Waals surface area contributed by atoms with Gasteiger partial charge in [-0.3, -0.25) is 0 Å². The molecule has 0 aliphatic rings. The van der Waals surface area contributed by atoms with E-state index >= 15 is 0 Å². The first-order valence-electron chi connectivity index (χ1n) is 8.55. The van der Waals surface area contributed by atoms with E-state index in [1.807, 2.05) is 38.1 Å². The van der Waals surface area contributed by atoms with Crippen LogP contribution in [0, 0.1) is 19.7 Å². The highest BCUT2D eigenvalue weighted by molar-refractivity contribution is 5.56. The van der Waals surface area contributed by atoms with Gasteiger partial charge >= 0.3 is 5.69 Å². The molecule has 4 rings (SSSR count). The molecular formula is C20H18FN5O. The van der Waals surface area contributed by atoms with Gasteiger partial charge in [0.05, 0.1) is 6.54 Å². The predicted octanol–water partition coefficient (Wildman–Crippen LogP) is 3.44. The van der Waals surface area contributed by atoms with Crippen LogP contribution in [0.5, 0.6) is 0 Å². The fourth-order valence-corrected chi connectivity index (χ4v) is 2.87. The lowest BCUT2D eigenvalue weighted by atomic mass is 10.1. The maximum Gasteiger partial charge on any atom is 0.353 e. The smallest absolute Gasteiger partial charge is 0.325 e. The molecule has 27 heavy (non-hydrogen) atoms. The first-order valence-corrected chi connectivity index (χ1v) is 8.55. The first kappa shape index (κ1) is 17.0. The van der Waals surface area contributed by atoms with Crippen LogP contribution in [0.25, 0.3) is 5.65 Å². The minimum absolute atomic E-state index is 0.289. The maximum absolute atomic E-state index is 13.1. The number of nitrogens with one attached hydrogen (secondary N) is 1. The van der Waals surface area contributed by atoms with E-state index in [4.69, 9.17) is 0 Å². The topological polar surface area (TPSA) is 64.2 Å². The summed E-state index contributed by atoms with van der Waals surface area (Å²) in [6.07, 6.45) is 0. The second kappa shape index (κ2) is 6.68. The fourth-order valence-electron chi connectivity index (χ4n) is 2.87. The lowest BCUT2D eigenvalue weighted by Gasteiger charge is -2.07. The van der Waals surface area contributed by atoms with E-state index in [9.17, 15) is 9.18 Å². The average molecular weight is 363 g/mol. The molecular weight excluding hydrogens is 345 g/mol. The van der Waals surface area contributed by atoms with Crippen molar-refractivity contribution in [1.29, 1.82) is 0 Å². The van der Waals surface area contributed by atoms with Gasteiger partial charge < -0.3 is 5.32 Å². The average Bonchev–Trinajstić information content (AvgIpc) is 2.94. The van der Waals surface area contributed by atoms with Gasteiger partial charge in [-0.05, 0) is 43.7 Å². The third kappa shape index (κ3) is 3.44. The van der Waals surface area contributed by atoms with Crippen molar-refractivity contribution in [2.45, 2.75) is 20.4 Å². The SMILES string of the molecule is Cc1ccc(Cn2nc3cc(C)nc(Nc4ccc(F)cc4)n3c2=O)cc1. The molecule has 0 amide bonds. The van der Waals surface area contributed by atoms with Crippen LogP contribution in [0.1, 0.15) is 16.8 Å². The van der Waals surface area contributed by atoms with Gasteiger partial charge in [0.25, 0.3) is 0 Å². The molecule has 0 radical (unpaired) electrons. The quantitative estimate of drug-likeness (QED) is 0.603. The highest BCUT2D eigenvalue weighted by Gasteiger charge is 2.13. The van der Waals surface area contributed by atoms with Crippen molar-refractivity contribution in [2.24, 2.45) is 0 Å². The molecule has 4 aromatic rings. The Morgan fingerprint density at radius 2 is 1.74 bits per heavy atom. The largest absolute Gasteiger partial charge is 0.353 e. The van der Waals surface area contributed by atoms with Crippen molar-refractivity contribution in [3.63, 3.8) is 0 Å². The van der Waals surface area contributed by atoms with Crippen molar-refractivity contribution in [3.05, 3.63) is 87.7 Å². The molecule has 0 saturated carbocycles. The highest BCUT2D eigenvalue weighted by Crippen LogP contribution is 2.16. The zero-order valence-corrected chi connectivity index (χ0v) is 15.0. The molecule has 2 aromatic heterocycles. The predicted molar refractivity (Wildman–Crippen MR) is 102 cm³/mol. The molecule has 136 valence electrons. The molecule has 0 saturated heterocycles. The molecule has 7 heteroatoms. The second-order valence-electron chi connectivity index (χ2n) is 6.47. The van der Waals surface area contributed by atoms with Crippen LogP contribution in [0.15, 0.2) is 59.4 Å². The van der Waals surface area contributed by atoms with E-state index in [-0.39, 0.29) is 11.5 Å². The van der Waals surface area contributed by atoms with Gasteiger partial charge in [-0.2, -0.15) is 0 Å². The third-order valence-corrected chi connectivity index (χ3v) is 4.25. The fraction of sp³-hybridized carbons (Fsp3) is 0.150. The Labute approximate surface area is 154 Å². The van der Waals surface area contributed by atoms with Crippen molar-refractivity contribution < 1.29 is 4.39 Å². The third-order valence-electron chi connectivity index (χ3n) is 4.25. The molecule has 0 bridgehead atoms. The van der Waals surface area contributed by atoms with E-state index in [0.717, 1.165) is 16.8 Å². The molecule has 2 heterocycles. The number of halogens is 1. The Bertz CT molecular complexity index is 1160. The zero-order chi connectivity index (χ0) is 19.0. The summed E-state index contributed by atoms with van der Waals surface area (Å²) in [5, 5.41) is 7.51. The standard InChI is InChI=1S/C20H18FN5O/c1-13-3-5-15(6-4-13)12-25-20(27)26-18(24-25)11-14(2)22-19(26)23-17-9-7-16(21)8-10-17/h3-11H,12H2,1-2H3,(H,22,23). The summed E-state index contributed by atoms with van der Waals surface area (Å²) >= 11 is 0. The van der Waals surface area contributed by atoms with Crippen LogP contribution in [0.2, 0.25) is 0 Å². The van der Waals surface area contributed by atoms with Crippen molar-refractivity contribution in [3.8, 4) is 0 Å². The Morgan fingerprint density at radius 3 is 2.44 bits per heavy atom. The summed E-state index contributed by atoms with van der Waals surface area (Å²) in [6.45, 7) is 4.22. The minimum atomic E-state index is -0.328. The number of aryl methyl sites for hydroxylation is 2. The van der Waals surface area contributed by atoms with Crippen LogP contribution < -0.4 is 11.0 Å². The zero-order valence-electron chi connectivity index (χ0n) is 15.0. The molecule has 0 aliphatic carbocycles. The monoisotopic (exact) mass is 363 g/mol. The second-order valence-corrected chi connectivity index (χ2v) is 6.47. The molecule has 1 N–H and O–H groups in total. The van der Waals surface area contributed by atoms with Gasteiger partial charge in [-0.15, -0.1) is 5.10 Å². The van der Waals surface area contributed by atoms with E-state index in [1.54, 1.807) is 18.2 Å². The number of aromatic nitrogens is 4. The summed E-state index contributed by atoms with van der Waals surface area (Å²) < 4.78 is 16.0. The molecule has 0 atom stereocenters. The Kier molecular flexibility index (Phi) is 4.19. The summed E-state index contributed by atoms with van der Waals surface area (Å²) in [7, 11) is 0. The lowest BCUT2D eigenvalue weighted by molar-refractivity contribution is 0.628. The van der Waals surface area contributed by atoms with Gasteiger partial charge in [0.15, 0.2) is 5.65 Å². The summed E-state index contributed by atoms with van der Waals surface area (Å²) in [5.41, 5.74) is 3.72. The van der Waals surface area contributed by atoms with Crippen molar-refractivity contribution >= 4 is 17.3 Å². The number of hydrogen-bond acceptors (Lipinski definition) is 4. The number of benzene rings is 2. The number of fused-ring (bicyclic) bond motifs is 1. The molecule has 0 unspecified atom stereocenters. The number of hydrogen-bond donors (Lipinski definition) is 1. The van der Waals surface area contributed by atoms with Gasteiger partial charge in [-0.1, -0.05) is 29.8 Å². The minimum Gasteiger partial charge on any atom is -0.325 e. The van der Waals surface area contributed by atoms with E-state index < -0.39 is 0 Å². The van der Waals surface area contributed by atoms with E-state index in [2.05, 4.69) is 15.4 Å². The summed E-state index contributed by atoms with van der Waals surface area (Å²) in [6, 6.07) is 15.6. The molecule has 6 nitrogen and oxygen atoms in total. The Hall–Kier alpha value is -3.48. The number of nitrogens with zero attached hydrogens (tertiary/aromatic N) is 4. The van der Waals surface area contributed by atoms with Gasteiger partial charge in [0, 0.05) is 17.4 Å². The first-order chi connectivity index (χ1) is 13.0. The van der Waals surface area contributed by atoms with Crippen LogP contribution >= 0.6 is 0 Å². The maximum atomic E-state index is 13.1. The summed E-state index contributed by atoms with van der Waals surface area (Å²) in [5.74, 6) is 0.0164. The van der Waals surface area contributed by atoms with Crippen LogP contribution in [-0.4, -0.2) is 19.2 Å². The van der Waals surface area contributed by atoms with Gasteiger partial charge in [0.2, 0.25) is 5.95 Å². The molecule has 0 aliphatic heterocycles. The molecule has 0 spiro atoms. The normalized spacial score (nSPS) is 11.1. The Balaban J connectivity index is 1.76. The lowest BCUT2D eigenvalue weighted by Crippen LogP contribution is -2.23.